The van der Waals surface area contributed by atoms with Crippen LogP contribution in [0.5, 0.6) is 5.75 Å². The highest BCUT2D eigenvalue weighted by atomic mass is 32.1. The number of thiophene rings is 1. The summed E-state index contributed by atoms with van der Waals surface area (Å²) < 4.78 is 5.52. The SMILES string of the molecule is CCOc1ccc(CN2CCN(c3ncnc4sc(C)cc34)CC2)cc1. The minimum atomic E-state index is 0.710. The summed E-state index contributed by atoms with van der Waals surface area (Å²) >= 11 is 1.74. The Morgan fingerprint density at radius 2 is 1.85 bits per heavy atom. The molecule has 0 aliphatic carbocycles. The van der Waals surface area contributed by atoms with E-state index < -0.39 is 0 Å². The fraction of sp³-hybridized carbons (Fsp3) is 0.400. The molecule has 0 unspecified atom stereocenters. The molecular formula is C20H24N4OS. The highest BCUT2D eigenvalue weighted by Gasteiger charge is 2.20. The number of aromatic nitrogens is 2. The number of ether oxygens (including phenoxy) is 1. The maximum absolute atomic E-state index is 5.52. The summed E-state index contributed by atoms with van der Waals surface area (Å²) in [6, 6.07) is 10.7. The molecule has 6 heteroatoms. The van der Waals surface area contributed by atoms with Gasteiger partial charge in [-0.05, 0) is 37.6 Å². The molecule has 5 nitrogen and oxygen atoms in total. The molecule has 4 rings (SSSR count). The van der Waals surface area contributed by atoms with Crippen LogP contribution >= 0.6 is 11.3 Å². The molecule has 0 bridgehead atoms. The number of hydrogen-bond donors (Lipinski definition) is 0. The Kier molecular flexibility index (Phi) is 5.04. The first-order valence-electron chi connectivity index (χ1n) is 9.13. The van der Waals surface area contributed by atoms with Crippen molar-refractivity contribution >= 4 is 27.4 Å². The minimum absolute atomic E-state index is 0.710. The van der Waals surface area contributed by atoms with Gasteiger partial charge in [0, 0.05) is 37.6 Å². The van der Waals surface area contributed by atoms with Gasteiger partial charge in [0.1, 0.15) is 22.7 Å². The molecule has 0 N–H and O–H groups in total. The molecule has 3 aromatic rings. The molecule has 1 aliphatic rings. The number of piperazine rings is 1. The Morgan fingerprint density at radius 3 is 2.58 bits per heavy atom. The zero-order valence-electron chi connectivity index (χ0n) is 15.3. The third kappa shape index (κ3) is 3.66. The van der Waals surface area contributed by atoms with Crippen LogP contribution in [-0.4, -0.2) is 47.7 Å². The van der Waals surface area contributed by atoms with Crippen molar-refractivity contribution in [1.82, 2.24) is 14.9 Å². The second kappa shape index (κ2) is 7.60. The zero-order chi connectivity index (χ0) is 17.9. The summed E-state index contributed by atoms with van der Waals surface area (Å²) in [5.74, 6) is 2.03. The molecule has 1 saturated heterocycles. The molecule has 0 spiro atoms. The van der Waals surface area contributed by atoms with E-state index in [0.717, 1.165) is 49.1 Å². The Balaban J connectivity index is 1.39. The van der Waals surface area contributed by atoms with Gasteiger partial charge in [0.05, 0.1) is 12.0 Å². The van der Waals surface area contributed by atoms with Crippen molar-refractivity contribution in [2.45, 2.75) is 20.4 Å². The molecule has 1 aromatic carbocycles. The smallest absolute Gasteiger partial charge is 0.140 e. The topological polar surface area (TPSA) is 41.5 Å². The number of aryl methyl sites for hydroxylation is 1. The van der Waals surface area contributed by atoms with Crippen molar-refractivity contribution < 1.29 is 4.74 Å². The normalized spacial score (nSPS) is 15.5. The second-order valence-electron chi connectivity index (χ2n) is 6.61. The molecule has 0 radical (unpaired) electrons. The summed E-state index contributed by atoms with van der Waals surface area (Å²) in [6.07, 6.45) is 1.69. The van der Waals surface area contributed by atoms with Crippen molar-refractivity contribution in [3.8, 4) is 5.75 Å². The van der Waals surface area contributed by atoms with Crippen LogP contribution in [0.1, 0.15) is 17.4 Å². The summed E-state index contributed by atoms with van der Waals surface area (Å²) in [4.78, 5) is 16.3. The van der Waals surface area contributed by atoms with Crippen LogP contribution in [0.2, 0.25) is 0 Å². The van der Waals surface area contributed by atoms with E-state index >= 15 is 0 Å². The molecular weight excluding hydrogens is 344 g/mol. The Bertz CT molecular complexity index is 869. The van der Waals surface area contributed by atoms with E-state index in [1.807, 2.05) is 6.92 Å². The minimum Gasteiger partial charge on any atom is -0.494 e. The van der Waals surface area contributed by atoms with Crippen LogP contribution in [0.3, 0.4) is 0 Å². The van der Waals surface area contributed by atoms with Gasteiger partial charge >= 0.3 is 0 Å². The number of benzene rings is 1. The lowest BCUT2D eigenvalue weighted by Crippen LogP contribution is -2.46. The second-order valence-corrected chi connectivity index (χ2v) is 7.85. The Hall–Kier alpha value is -2.18. The first kappa shape index (κ1) is 17.2. The van der Waals surface area contributed by atoms with Crippen LogP contribution in [0.25, 0.3) is 10.2 Å². The average molecular weight is 369 g/mol. The highest BCUT2D eigenvalue weighted by molar-refractivity contribution is 7.18. The Morgan fingerprint density at radius 1 is 1.08 bits per heavy atom. The van der Waals surface area contributed by atoms with Crippen molar-refractivity contribution in [3.05, 3.63) is 47.1 Å². The van der Waals surface area contributed by atoms with Crippen LogP contribution in [0.15, 0.2) is 36.7 Å². The van der Waals surface area contributed by atoms with E-state index in [1.54, 1.807) is 17.7 Å². The molecule has 0 atom stereocenters. The molecule has 26 heavy (non-hydrogen) atoms. The molecule has 2 aromatic heterocycles. The third-order valence-corrected chi connectivity index (χ3v) is 5.70. The number of hydrogen-bond acceptors (Lipinski definition) is 6. The van der Waals surface area contributed by atoms with Crippen molar-refractivity contribution in [3.63, 3.8) is 0 Å². The van der Waals surface area contributed by atoms with E-state index in [4.69, 9.17) is 4.74 Å². The van der Waals surface area contributed by atoms with Gasteiger partial charge in [-0.25, -0.2) is 9.97 Å². The monoisotopic (exact) mass is 368 g/mol. The van der Waals surface area contributed by atoms with Gasteiger partial charge in [-0.2, -0.15) is 0 Å². The molecule has 1 fully saturated rings. The van der Waals surface area contributed by atoms with Crippen LogP contribution in [0, 0.1) is 6.92 Å². The maximum Gasteiger partial charge on any atom is 0.140 e. The van der Waals surface area contributed by atoms with Crippen molar-refractivity contribution in [2.24, 2.45) is 0 Å². The standard InChI is InChI=1S/C20H24N4OS/c1-3-25-17-6-4-16(5-7-17)13-23-8-10-24(11-9-23)19-18-12-15(2)26-20(18)22-14-21-19/h4-7,12,14H,3,8-11,13H2,1-2H3. The summed E-state index contributed by atoms with van der Waals surface area (Å²) in [6.45, 7) is 9.92. The van der Waals surface area contributed by atoms with Gasteiger partial charge in [0.25, 0.3) is 0 Å². The van der Waals surface area contributed by atoms with E-state index in [0.29, 0.717) is 6.61 Å². The largest absolute Gasteiger partial charge is 0.494 e. The Labute approximate surface area is 158 Å². The molecule has 3 heterocycles. The first-order chi connectivity index (χ1) is 12.7. The number of anilines is 1. The fourth-order valence-electron chi connectivity index (χ4n) is 3.45. The van der Waals surface area contributed by atoms with E-state index in [1.165, 1.54) is 15.8 Å². The number of nitrogens with zero attached hydrogens (tertiary/aromatic N) is 4. The van der Waals surface area contributed by atoms with Gasteiger partial charge in [0.2, 0.25) is 0 Å². The summed E-state index contributed by atoms with van der Waals surface area (Å²) in [7, 11) is 0. The lowest BCUT2D eigenvalue weighted by molar-refractivity contribution is 0.249. The zero-order valence-corrected chi connectivity index (χ0v) is 16.1. The van der Waals surface area contributed by atoms with Crippen molar-refractivity contribution in [1.29, 1.82) is 0 Å². The van der Waals surface area contributed by atoms with Gasteiger partial charge < -0.3 is 9.64 Å². The average Bonchev–Trinajstić information content (AvgIpc) is 3.04. The number of rotatable bonds is 5. The van der Waals surface area contributed by atoms with Crippen LogP contribution in [-0.2, 0) is 6.54 Å². The van der Waals surface area contributed by atoms with E-state index in [2.05, 4.69) is 57.0 Å². The molecule has 136 valence electrons. The van der Waals surface area contributed by atoms with Gasteiger partial charge in [-0.15, -0.1) is 11.3 Å². The van der Waals surface area contributed by atoms with Gasteiger partial charge in [0.15, 0.2) is 0 Å². The van der Waals surface area contributed by atoms with Crippen LogP contribution in [0.4, 0.5) is 5.82 Å². The quantitative estimate of drug-likeness (QED) is 0.686. The van der Waals surface area contributed by atoms with Gasteiger partial charge in [-0.3, -0.25) is 4.90 Å². The lowest BCUT2D eigenvalue weighted by Gasteiger charge is -2.35. The molecule has 1 aliphatic heterocycles. The number of fused-ring (bicyclic) bond motifs is 1. The van der Waals surface area contributed by atoms with Crippen LogP contribution < -0.4 is 9.64 Å². The first-order valence-corrected chi connectivity index (χ1v) is 9.95. The predicted octanol–water partition coefficient (Wildman–Crippen LogP) is 3.72. The van der Waals surface area contributed by atoms with E-state index in [-0.39, 0.29) is 0 Å². The highest BCUT2D eigenvalue weighted by Crippen LogP contribution is 2.30. The fourth-order valence-corrected chi connectivity index (χ4v) is 4.29. The molecule has 0 amide bonds. The maximum atomic E-state index is 5.52. The predicted molar refractivity (Wildman–Crippen MR) is 107 cm³/mol. The third-order valence-electron chi connectivity index (χ3n) is 4.74. The van der Waals surface area contributed by atoms with Gasteiger partial charge in [-0.1, -0.05) is 12.1 Å². The van der Waals surface area contributed by atoms with E-state index in [9.17, 15) is 0 Å². The van der Waals surface area contributed by atoms with Crippen molar-refractivity contribution in [2.75, 3.05) is 37.7 Å². The lowest BCUT2D eigenvalue weighted by atomic mass is 10.2. The summed E-state index contributed by atoms with van der Waals surface area (Å²) in [5, 5.41) is 1.19. The summed E-state index contributed by atoms with van der Waals surface area (Å²) in [5.41, 5.74) is 1.33. The molecule has 0 saturated carbocycles.